The van der Waals surface area contributed by atoms with Gasteiger partial charge in [-0.05, 0) is 59.7 Å². The minimum absolute atomic E-state index is 0.0262. The Bertz CT molecular complexity index is 1670. The third kappa shape index (κ3) is 4.93. The number of benzene rings is 3. The van der Waals surface area contributed by atoms with Crippen LogP contribution < -0.4 is 10.5 Å². The first-order valence-corrected chi connectivity index (χ1v) is 13.5. The van der Waals surface area contributed by atoms with Crippen LogP contribution in [0.15, 0.2) is 76.4 Å². The second-order valence-corrected chi connectivity index (χ2v) is 10.9. The van der Waals surface area contributed by atoms with Crippen molar-refractivity contribution in [3.05, 3.63) is 99.1 Å². The number of amides is 1. The van der Waals surface area contributed by atoms with Crippen molar-refractivity contribution in [3.63, 3.8) is 0 Å². The zero-order valence-electron chi connectivity index (χ0n) is 18.5. The number of thioether (sulfide) groups is 1. The van der Waals surface area contributed by atoms with Gasteiger partial charge in [0.25, 0.3) is 15.7 Å². The summed E-state index contributed by atoms with van der Waals surface area (Å²) in [5, 5.41) is 0.556. The number of aromatic amines is 1. The van der Waals surface area contributed by atoms with Crippen LogP contribution in [0.25, 0.3) is 23.1 Å². The number of aromatic nitrogens is 2. The van der Waals surface area contributed by atoms with Crippen molar-refractivity contribution < 1.29 is 17.8 Å². The van der Waals surface area contributed by atoms with Gasteiger partial charge in [0.05, 0.1) is 21.6 Å². The number of fused-ring (bicyclic) bond motifs is 1. The molecule has 0 saturated carbocycles. The Balaban J connectivity index is 1.38. The molecule has 0 spiro atoms. The number of anilines is 1. The Morgan fingerprint density at radius 3 is 2.44 bits per heavy atom. The van der Waals surface area contributed by atoms with Crippen molar-refractivity contribution >= 4 is 68.1 Å². The maximum Gasteiger partial charge on any atom is 0.294 e. The third-order valence-corrected chi connectivity index (χ3v) is 7.93. The molecule has 11 heteroatoms. The van der Waals surface area contributed by atoms with E-state index in [1.807, 2.05) is 48.5 Å². The Labute approximate surface area is 215 Å². The minimum Gasteiger partial charge on any atom is -0.306 e. The first-order chi connectivity index (χ1) is 17.2. The summed E-state index contributed by atoms with van der Waals surface area (Å²) < 4.78 is 31.8. The van der Waals surface area contributed by atoms with E-state index < -0.39 is 15.7 Å². The Hall–Kier alpha value is -3.44. The van der Waals surface area contributed by atoms with Gasteiger partial charge in [0.15, 0.2) is 0 Å². The van der Waals surface area contributed by atoms with E-state index in [0.717, 1.165) is 22.9 Å². The van der Waals surface area contributed by atoms with Gasteiger partial charge in [-0.15, -0.1) is 11.8 Å². The quantitative estimate of drug-likeness (QED) is 0.350. The molecule has 1 aliphatic heterocycles. The zero-order chi connectivity index (χ0) is 25.4. The van der Waals surface area contributed by atoms with Gasteiger partial charge in [-0.2, -0.15) is 8.42 Å². The number of carbonyl (C=O) groups excluding carboxylic acids is 1. The van der Waals surface area contributed by atoms with Crippen molar-refractivity contribution in [3.8, 4) is 0 Å². The Morgan fingerprint density at radius 1 is 1.03 bits per heavy atom. The second kappa shape index (κ2) is 9.55. The number of hydrogen-bond acceptors (Lipinski definition) is 6. The molecule has 1 atom stereocenters. The van der Waals surface area contributed by atoms with E-state index in [4.69, 9.17) is 11.6 Å². The maximum atomic E-state index is 12.6. The molecule has 1 amide bonds. The second-order valence-electron chi connectivity index (χ2n) is 8.01. The lowest BCUT2D eigenvalue weighted by molar-refractivity contribution is -0.115. The molecule has 5 rings (SSSR count). The average Bonchev–Trinajstić information content (AvgIpc) is 3.24. The molecule has 0 bridgehead atoms. The highest BCUT2D eigenvalue weighted by Crippen LogP contribution is 2.42. The molecule has 8 nitrogen and oxygen atoms in total. The third-order valence-electron chi connectivity index (χ3n) is 5.62. The molecular weight excluding hydrogens is 522 g/mol. The van der Waals surface area contributed by atoms with Crippen LogP contribution in [-0.2, 0) is 14.9 Å². The Kier molecular flexibility index (Phi) is 6.44. The van der Waals surface area contributed by atoms with Crippen LogP contribution in [-0.4, -0.2) is 34.6 Å². The van der Waals surface area contributed by atoms with Gasteiger partial charge in [0, 0.05) is 10.7 Å². The molecule has 36 heavy (non-hydrogen) atoms. The first kappa shape index (κ1) is 24.3. The van der Waals surface area contributed by atoms with Gasteiger partial charge in [0.2, 0.25) is 5.91 Å². The van der Waals surface area contributed by atoms with E-state index in [1.165, 1.54) is 12.1 Å². The standard InChI is InChI=1S/C25H18ClN3O5S2/c26-17-6-4-16(5-7-17)25-29(23(30)14-35-25)18-8-1-15(2-9-18)3-12-22-27-21-11-10-19(36(32,33)34)13-20(21)24(31)28-22/h1-13,25H,14H2,(H,27,28,31)(H,32,33,34)/b12-3+. The molecule has 1 fully saturated rings. The van der Waals surface area contributed by atoms with Crippen LogP contribution in [0, 0.1) is 0 Å². The van der Waals surface area contributed by atoms with E-state index in [-0.39, 0.29) is 27.4 Å². The van der Waals surface area contributed by atoms with Crippen molar-refractivity contribution in [2.24, 2.45) is 0 Å². The molecular formula is C25H18ClN3O5S2. The summed E-state index contributed by atoms with van der Waals surface area (Å²) in [5.74, 6) is 0.699. The summed E-state index contributed by atoms with van der Waals surface area (Å²) in [6, 6.07) is 18.5. The molecule has 1 aromatic heterocycles. The van der Waals surface area contributed by atoms with Crippen LogP contribution in [0.1, 0.15) is 22.3 Å². The summed E-state index contributed by atoms with van der Waals surface area (Å²) in [5.41, 5.74) is 2.35. The van der Waals surface area contributed by atoms with Crippen LogP contribution in [0.5, 0.6) is 0 Å². The lowest BCUT2D eigenvalue weighted by Crippen LogP contribution is -2.27. The maximum absolute atomic E-state index is 12.6. The highest BCUT2D eigenvalue weighted by atomic mass is 35.5. The van der Waals surface area contributed by atoms with E-state index in [0.29, 0.717) is 16.3 Å². The predicted octanol–water partition coefficient (Wildman–Crippen LogP) is 4.77. The minimum atomic E-state index is -4.43. The lowest BCUT2D eigenvalue weighted by atomic mass is 10.1. The highest BCUT2D eigenvalue weighted by Gasteiger charge is 2.33. The van der Waals surface area contributed by atoms with Gasteiger partial charge in [-0.3, -0.25) is 19.0 Å². The van der Waals surface area contributed by atoms with Gasteiger partial charge < -0.3 is 4.98 Å². The van der Waals surface area contributed by atoms with Crippen LogP contribution in [0.2, 0.25) is 5.02 Å². The SMILES string of the molecule is O=C1CSC(c2ccc(Cl)cc2)N1c1ccc(/C=C/c2nc3ccc(S(=O)(=O)O)cc3c(=O)[nH]2)cc1. The number of halogens is 1. The number of hydrogen-bond donors (Lipinski definition) is 2. The summed E-state index contributed by atoms with van der Waals surface area (Å²) in [6.07, 6.45) is 3.39. The molecule has 0 radical (unpaired) electrons. The van der Waals surface area contributed by atoms with E-state index in [1.54, 1.807) is 28.8 Å². The van der Waals surface area contributed by atoms with Gasteiger partial charge >= 0.3 is 0 Å². The van der Waals surface area contributed by atoms with E-state index >= 15 is 0 Å². The van der Waals surface area contributed by atoms with Gasteiger partial charge in [-0.25, -0.2) is 4.98 Å². The smallest absolute Gasteiger partial charge is 0.294 e. The molecule has 2 N–H and O–H groups in total. The zero-order valence-corrected chi connectivity index (χ0v) is 20.8. The van der Waals surface area contributed by atoms with Crippen molar-refractivity contribution in [2.75, 3.05) is 10.7 Å². The molecule has 0 aliphatic carbocycles. The fraction of sp³-hybridized carbons (Fsp3) is 0.0800. The first-order valence-electron chi connectivity index (χ1n) is 10.7. The number of nitrogens with zero attached hydrogens (tertiary/aromatic N) is 2. The molecule has 1 aliphatic rings. The average molecular weight is 540 g/mol. The van der Waals surface area contributed by atoms with Crippen molar-refractivity contribution in [1.82, 2.24) is 9.97 Å². The van der Waals surface area contributed by atoms with Crippen LogP contribution in [0.3, 0.4) is 0 Å². The number of carbonyl (C=O) groups is 1. The van der Waals surface area contributed by atoms with Gasteiger partial charge in [0.1, 0.15) is 11.2 Å². The monoisotopic (exact) mass is 539 g/mol. The largest absolute Gasteiger partial charge is 0.306 e. The molecule has 1 saturated heterocycles. The summed E-state index contributed by atoms with van der Waals surface area (Å²) >= 11 is 7.56. The van der Waals surface area contributed by atoms with Crippen molar-refractivity contribution in [1.29, 1.82) is 0 Å². The topological polar surface area (TPSA) is 120 Å². The summed E-state index contributed by atoms with van der Waals surface area (Å²) in [7, 11) is -4.43. The van der Waals surface area contributed by atoms with E-state index in [2.05, 4.69) is 9.97 Å². The molecule has 1 unspecified atom stereocenters. The normalized spacial score (nSPS) is 16.3. The number of rotatable bonds is 5. The Morgan fingerprint density at radius 2 is 1.75 bits per heavy atom. The van der Waals surface area contributed by atoms with Crippen LogP contribution in [0.4, 0.5) is 5.69 Å². The lowest BCUT2D eigenvalue weighted by Gasteiger charge is -2.24. The van der Waals surface area contributed by atoms with Gasteiger partial charge in [-0.1, -0.05) is 41.9 Å². The predicted molar refractivity (Wildman–Crippen MR) is 142 cm³/mol. The molecule has 3 aromatic carbocycles. The van der Waals surface area contributed by atoms with Crippen molar-refractivity contribution in [2.45, 2.75) is 10.3 Å². The highest BCUT2D eigenvalue weighted by molar-refractivity contribution is 8.00. The van der Waals surface area contributed by atoms with E-state index in [9.17, 15) is 22.6 Å². The summed E-state index contributed by atoms with van der Waals surface area (Å²) in [4.78, 5) is 33.4. The number of nitrogens with one attached hydrogen (secondary N) is 1. The summed E-state index contributed by atoms with van der Waals surface area (Å²) in [6.45, 7) is 0. The number of H-pyrrole nitrogens is 1. The van der Waals surface area contributed by atoms with Crippen LogP contribution >= 0.6 is 23.4 Å². The molecule has 4 aromatic rings. The molecule has 2 heterocycles. The fourth-order valence-corrected chi connectivity index (χ4v) is 5.68. The molecule has 182 valence electrons. The fourth-order valence-electron chi connectivity index (χ4n) is 3.87.